The van der Waals surface area contributed by atoms with Crippen molar-refractivity contribution in [3.63, 3.8) is 0 Å². The number of carbonyl (C=O) groups excluding carboxylic acids is 1. The number of nitrogens with zero attached hydrogens (tertiary/aromatic N) is 1. The molecule has 0 fully saturated rings. The summed E-state index contributed by atoms with van der Waals surface area (Å²) >= 11 is 0. The minimum absolute atomic E-state index is 0.00556. The number of fused-ring (bicyclic) bond motifs is 1. The lowest BCUT2D eigenvalue weighted by Crippen LogP contribution is -2.24. The maximum atomic E-state index is 12.9. The summed E-state index contributed by atoms with van der Waals surface area (Å²) in [5.41, 5.74) is 3.83. The van der Waals surface area contributed by atoms with E-state index in [4.69, 9.17) is 4.74 Å². The van der Waals surface area contributed by atoms with E-state index in [9.17, 15) is 4.79 Å². The summed E-state index contributed by atoms with van der Waals surface area (Å²) in [5.74, 6) is 1.48. The van der Waals surface area contributed by atoms with E-state index in [1.54, 1.807) is 6.08 Å². The van der Waals surface area contributed by atoms with Gasteiger partial charge in [-0.25, -0.2) is 0 Å². The van der Waals surface area contributed by atoms with Crippen LogP contribution in [0.25, 0.3) is 0 Å². The van der Waals surface area contributed by atoms with Gasteiger partial charge in [-0.2, -0.15) is 0 Å². The fourth-order valence-corrected chi connectivity index (χ4v) is 3.78. The van der Waals surface area contributed by atoms with Gasteiger partial charge in [0.2, 0.25) is 0 Å². The standard InChI is InChI=1S/C25H23NO2/c1-25(2)21-11-7-8-12-22(21)26(3)24(25)17-23(27)18-13-15-20(16-14-18)28-19-9-5-4-6-10-19/h4-17H,1-3H3. The average Bonchev–Trinajstić information content (AvgIpc) is 2.90. The summed E-state index contributed by atoms with van der Waals surface area (Å²) in [7, 11) is 2.02. The Morgan fingerprint density at radius 3 is 2.14 bits per heavy atom. The Labute approximate surface area is 165 Å². The van der Waals surface area contributed by atoms with Crippen molar-refractivity contribution in [2.45, 2.75) is 19.3 Å². The van der Waals surface area contributed by atoms with E-state index in [1.807, 2.05) is 73.8 Å². The van der Waals surface area contributed by atoms with Crippen molar-refractivity contribution < 1.29 is 9.53 Å². The molecule has 0 radical (unpaired) electrons. The highest BCUT2D eigenvalue weighted by molar-refractivity contribution is 6.05. The van der Waals surface area contributed by atoms with Crippen molar-refractivity contribution in [1.29, 1.82) is 0 Å². The zero-order valence-electron chi connectivity index (χ0n) is 16.3. The fraction of sp³-hybridized carbons (Fsp3) is 0.160. The van der Waals surface area contributed by atoms with Gasteiger partial charge in [0, 0.05) is 35.5 Å². The van der Waals surface area contributed by atoms with Gasteiger partial charge in [0.15, 0.2) is 5.78 Å². The van der Waals surface area contributed by atoms with E-state index >= 15 is 0 Å². The molecular formula is C25H23NO2. The lowest BCUT2D eigenvalue weighted by atomic mass is 9.83. The summed E-state index contributed by atoms with van der Waals surface area (Å²) in [6.07, 6.45) is 1.76. The predicted octanol–water partition coefficient (Wildman–Crippen LogP) is 5.97. The Kier molecular flexibility index (Phi) is 4.52. The number of ketones is 1. The molecule has 0 unspecified atom stereocenters. The topological polar surface area (TPSA) is 29.5 Å². The minimum Gasteiger partial charge on any atom is -0.457 e. The number of hydrogen-bond acceptors (Lipinski definition) is 3. The first kappa shape index (κ1) is 18.1. The molecular weight excluding hydrogens is 346 g/mol. The molecule has 1 aliphatic heterocycles. The second-order valence-corrected chi connectivity index (χ2v) is 7.53. The minimum atomic E-state index is -0.211. The van der Waals surface area contributed by atoms with Crippen LogP contribution >= 0.6 is 0 Å². The van der Waals surface area contributed by atoms with Crippen LogP contribution in [0, 0.1) is 0 Å². The first-order chi connectivity index (χ1) is 13.5. The van der Waals surface area contributed by atoms with Crippen molar-refractivity contribution in [1.82, 2.24) is 0 Å². The van der Waals surface area contributed by atoms with Gasteiger partial charge in [-0.05, 0) is 48.0 Å². The summed E-state index contributed by atoms with van der Waals surface area (Å²) in [5, 5.41) is 0. The molecule has 140 valence electrons. The molecule has 1 aliphatic rings. The normalized spacial score (nSPS) is 16.1. The lowest BCUT2D eigenvalue weighted by molar-refractivity contribution is 0.104. The van der Waals surface area contributed by atoms with Crippen LogP contribution in [0.15, 0.2) is 90.6 Å². The van der Waals surface area contributed by atoms with E-state index < -0.39 is 0 Å². The lowest BCUT2D eigenvalue weighted by Gasteiger charge is -2.24. The Balaban J connectivity index is 1.57. The van der Waals surface area contributed by atoms with Crippen molar-refractivity contribution in [3.05, 3.63) is 102 Å². The van der Waals surface area contributed by atoms with Gasteiger partial charge in [-0.3, -0.25) is 4.79 Å². The van der Waals surface area contributed by atoms with Crippen molar-refractivity contribution in [3.8, 4) is 11.5 Å². The zero-order chi connectivity index (χ0) is 19.7. The van der Waals surface area contributed by atoms with Gasteiger partial charge in [-0.15, -0.1) is 0 Å². The van der Waals surface area contributed by atoms with Crippen LogP contribution in [0.4, 0.5) is 5.69 Å². The number of carbonyl (C=O) groups is 1. The molecule has 1 heterocycles. The molecule has 0 aliphatic carbocycles. The first-order valence-corrected chi connectivity index (χ1v) is 9.39. The van der Waals surface area contributed by atoms with E-state index in [0.29, 0.717) is 11.3 Å². The number of benzene rings is 3. The van der Waals surface area contributed by atoms with Gasteiger partial charge >= 0.3 is 0 Å². The van der Waals surface area contributed by atoms with E-state index in [1.165, 1.54) is 5.56 Å². The van der Waals surface area contributed by atoms with E-state index in [2.05, 4.69) is 30.9 Å². The summed E-state index contributed by atoms with van der Waals surface area (Å²) in [6, 6.07) is 25.2. The van der Waals surface area contributed by atoms with Crippen molar-refractivity contribution in [2.24, 2.45) is 0 Å². The average molecular weight is 369 g/mol. The second-order valence-electron chi connectivity index (χ2n) is 7.53. The van der Waals surface area contributed by atoms with Crippen LogP contribution in [-0.2, 0) is 5.41 Å². The zero-order valence-corrected chi connectivity index (χ0v) is 16.3. The van der Waals surface area contributed by atoms with Crippen LogP contribution < -0.4 is 9.64 Å². The molecule has 3 nitrogen and oxygen atoms in total. The second kappa shape index (κ2) is 7.01. The number of allylic oxidation sites excluding steroid dienone is 2. The molecule has 28 heavy (non-hydrogen) atoms. The third-order valence-electron chi connectivity index (χ3n) is 5.33. The molecule has 0 amide bonds. The molecule has 0 atom stereocenters. The van der Waals surface area contributed by atoms with Gasteiger partial charge in [0.05, 0.1) is 0 Å². The first-order valence-electron chi connectivity index (χ1n) is 9.39. The molecule has 0 bridgehead atoms. The highest BCUT2D eigenvalue weighted by atomic mass is 16.5. The molecule has 0 aromatic heterocycles. The van der Waals surface area contributed by atoms with E-state index in [-0.39, 0.29) is 11.2 Å². The third kappa shape index (κ3) is 3.20. The predicted molar refractivity (Wildman–Crippen MR) is 113 cm³/mol. The maximum absolute atomic E-state index is 12.9. The van der Waals surface area contributed by atoms with Crippen LogP contribution in [0.2, 0.25) is 0 Å². The van der Waals surface area contributed by atoms with Crippen LogP contribution in [-0.4, -0.2) is 12.8 Å². The number of likely N-dealkylation sites (N-methyl/N-ethyl adjacent to an activating group) is 1. The smallest absolute Gasteiger partial charge is 0.187 e. The van der Waals surface area contributed by atoms with Crippen LogP contribution in [0.3, 0.4) is 0 Å². The van der Waals surface area contributed by atoms with Gasteiger partial charge in [0.25, 0.3) is 0 Å². The van der Waals surface area contributed by atoms with Gasteiger partial charge in [0.1, 0.15) is 11.5 Å². The monoisotopic (exact) mass is 369 g/mol. The van der Waals surface area contributed by atoms with Gasteiger partial charge in [-0.1, -0.05) is 50.2 Å². The number of anilines is 1. The van der Waals surface area contributed by atoms with Crippen LogP contribution in [0.1, 0.15) is 29.8 Å². The third-order valence-corrected chi connectivity index (χ3v) is 5.33. The molecule has 3 aromatic carbocycles. The SMILES string of the molecule is CN1C(=CC(=O)c2ccc(Oc3ccccc3)cc2)C(C)(C)c2ccccc21. The highest BCUT2D eigenvalue weighted by Gasteiger charge is 2.38. The molecule has 3 aromatic rings. The summed E-state index contributed by atoms with van der Waals surface area (Å²) in [4.78, 5) is 15.0. The van der Waals surface area contributed by atoms with Crippen molar-refractivity contribution >= 4 is 11.5 Å². The number of ether oxygens (including phenoxy) is 1. The fourth-order valence-electron chi connectivity index (χ4n) is 3.78. The quantitative estimate of drug-likeness (QED) is 0.419. The Hall–Kier alpha value is -3.33. The Morgan fingerprint density at radius 2 is 1.46 bits per heavy atom. The molecule has 0 spiro atoms. The molecule has 4 rings (SSSR count). The molecule has 0 saturated heterocycles. The summed E-state index contributed by atoms with van der Waals surface area (Å²) in [6.45, 7) is 4.32. The Bertz CT molecular complexity index is 1030. The number of para-hydroxylation sites is 2. The molecule has 0 N–H and O–H groups in total. The van der Waals surface area contributed by atoms with Crippen LogP contribution in [0.5, 0.6) is 11.5 Å². The largest absolute Gasteiger partial charge is 0.457 e. The maximum Gasteiger partial charge on any atom is 0.187 e. The number of rotatable bonds is 4. The number of hydrogen-bond donors (Lipinski definition) is 0. The molecule has 0 saturated carbocycles. The van der Waals surface area contributed by atoms with Crippen molar-refractivity contribution in [2.75, 3.05) is 11.9 Å². The summed E-state index contributed by atoms with van der Waals surface area (Å²) < 4.78 is 5.80. The molecule has 3 heteroatoms. The Morgan fingerprint density at radius 1 is 0.857 bits per heavy atom. The highest BCUT2D eigenvalue weighted by Crippen LogP contribution is 2.46. The van der Waals surface area contributed by atoms with E-state index in [0.717, 1.165) is 17.1 Å². The van der Waals surface area contributed by atoms with Gasteiger partial charge < -0.3 is 9.64 Å².